The molecule has 0 N–H and O–H groups in total. The molecule has 1 aromatic heterocycles. The maximum Gasteiger partial charge on any atom is 0.222 e. The Kier molecular flexibility index (Phi) is 5.08. The zero-order valence-electron chi connectivity index (χ0n) is 14.2. The van der Waals surface area contributed by atoms with Crippen molar-refractivity contribution in [3.63, 3.8) is 0 Å². The summed E-state index contributed by atoms with van der Waals surface area (Å²) in [6.45, 7) is 3.53. The van der Waals surface area contributed by atoms with Gasteiger partial charge in [-0.05, 0) is 43.2 Å². The summed E-state index contributed by atoms with van der Waals surface area (Å²) in [5.74, 6) is 2.04. The topological polar surface area (TPSA) is 55.3 Å². The van der Waals surface area contributed by atoms with E-state index in [1.165, 1.54) is 0 Å². The van der Waals surface area contributed by atoms with E-state index < -0.39 is 0 Å². The molecule has 1 amide bonds. The molecule has 1 saturated heterocycles. The second kappa shape index (κ2) is 7.43. The van der Waals surface area contributed by atoms with Crippen LogP contribution >= 0.6 is 0 Å². The molecule has 5 nitrogen and oxygen atoms in total. The molecule has 1 fully saturated rings. The fraction of sp³-hybridized carbons (Fsp3) is 0.421. The highest BCUT2D eigenvalue weighted by atomic mass is 16.5. The van der Waals surface area contributed by atoms with Crippen LogP contribution in [-0.2, 0) is 4.79 Å². The van der Waals surface area contributed by atoms with Crippen molar-refractivity contribution < 1.29 is 9.53 Å². The lowest BCUT2D eigenvalue weighted by Gasteiger charge is -2.32. The van der Waals surface area contributed by atoms with Gasteiger partial charge in [0.25, 0.3) is 0 Å². The van der Waals surface area contributed by atoms with Crippen LogP contribution in [0.1, 0.15) is 37.8 Å². The number of amides is 1. The zero-order chi connectivity index (χ0) is 16.9. The van der Waals surface area contributed by atoms with Gasteiger partial charge in [-0.25, -0.2) is 9.97 Å². The molecule has 0 saturated carbocycles. The first-order chi connectivity index (χ1) is 11.7. The number of carbonyl (C=O) groups is 1. The number of hydrogen-bond donors (Lipinski definition) is 0. The Bertz CT molecular complexity index is 700. The maximum atomic E-state index is 12.0. The van der Waals surface area contributed by atoms with Crippen LogP contribution in [-0.4, -0.2) is 41.0 Å². The predicted molar refractivity (Wildman–Crippen MR) is 92.9 cm³/mol. The number of likely N-dealkylation sites (tertiary alicyclic amines) is 1. The summed E-state index contributed by atoms with van der Waals surface area (Å²) in [4.78, 5) is 23.1. The highest BCUT2D eigenvalue weighted by Crippen LogP contribution is 2.27. The van der Waals surface area contributed by atoms with Crippen LogP contribution in [0.3, 0.4) is 0 Å². The van der Waals surface area contributed by atoms with Crippen LogP contribution in [0.2, 0.25) is 0 Å². The van der Waals surface area contributed by atoms with E-state index in [0.29, 0.717) is 12.2 Å². The van der Waals surface area contributed by atoms with E-state index >= 15 is 0 Å². The number of ether oxygens (including phenoxy) is 1. The number of carbonyl (C=O) groups excluding carboxylic acids is 1. The van der Waals surface area contributed by atoms with Gasteiger partial charge in [-0.15, -0.1) is 0 Å². The van der Waals surface area contributed by atoms with Crippen molar-refractivity contribution in [1.82, 2.24) is 14.9 Å². The molecule has 5 heteroatoms. The lowest BCUT2D eigenvalue weighted by atomic mass is 9.94. The van der Waals surface area contributed by atoms with Crippen molar-refractivity contribution in [3.8, 4) is 17.1 Å². The Balaban J connectivity index is 1.80. The van der Waals surface area contributed by atoms with E-state index in [1.54, 1.807) is 7.11 Å². The number of benzene rings is 1. The summed E-state index contributed by atoms with van der Waals surface area (Å²) < 4.78 is 5.19. The highest BCUT2D eigenvalue weighted by Gasteiger charge is 2.25. The summed E-state index contributed by atoms with van der Waals surface area (Å²) in [6.07, 6.45) is 4.46. The Morgan fingerprint density at radius 3 is 2.79 bits per heavy atom. The fourth-order valence-corrected chi connectivity index (χ4v) is 3.15. The lowest BCUT2D eigenvalue weighted by molar-refractivity contribution is -0.132. The van der Waals surface area contributed by atoms with E-state index in [2.05, 4.69) is 4.98 Å². The van der Waals surface area contributed by atoms with Gasteiger partial charge in [-0.3, -0.25) is 4.79 Å². The smallest absolute Gasteiger partial charge is 0.222 e. The Morgan fingerprint density at radius 1 is 1.29 bits per heavy atom. The maximum absolute atomic E-state index is 12.0. The van der Waals surface area contributed by atoms with Gasteiger partial charge in [0.05, 0.1) is 7.11 Å². The Hall–Kier alpha value is -2.43. The van der Waals surface area contributed by atoms with Crippen molar-refractivity contribution >= 4 is 5.91 Å². The fourth-order valence-electron chi connectivity index (χ4n) is 3.15. The number of methoxy groups -OCH3 is 1. The first-order valence-corrected chi connectivity index (χ1v) is 8.46. The van der Waals surface area contributed by atoms with Crippen LogP contribution in [0, 0.1) is 0 Å². The second-order valence-corrected chi connectivity index (χ2v) is 6.07. The second-order valence-electron chi connectivity index (χ2n) is 6.07. The van der Waals surface area contributed by atoms with Crippen LogP contribution < -0.4 is 4.74 Å². The van der Waals surface area contributed by atoms with Crippen LogP contribution in [0.4, 0.5) is 0 Å². The molecule has 0 radical (unpaired) electrons. The van der Waals surface area contributed by atoms with E-state index in [9.17, 15) is 4.79 Å². The van der Waals surface area contributed by atoms with Crippen molar-refractivity contribution in [1.29, 1.82) is 0 Å². The molecule has 1 aliphatic heterocycles. The third-order valence-electron chi connectivity index (χ3n) is 4.52. The third-order valence-corrected chi connectivity index (χ3v) is 4.52. The number of piperidine rings is 1. The van der Waals surface area contributed by atoms with E-state index in [-0.39, 0.29) is 11.8 Å². The number of nitrogens with zero attached hydrogens (tertiary/aromatic N) is 3. The van der Waals surface area contributed by atoms with Crippen LogP contribution in [0.5, 0.6) is 5.75 Å². The number of hydrogen-bond acceptors (Lipinski definition) is 4. The molecule has 3 rings (SSSR count). The van der Waals surface area contributed by atoms with E-state index in [0.717, 1.165) is 42.9 Å². The molecule has 1 aromatic carbocycles. The van der Waals surface area contributed by atoms with Gasteiger partial charge in [0, 0.05) is 42.9 Å². The first kappa shape index (κ1) is 16.4. The monoisotopic (exact) mass is 325 g/mol. The molecular formula is C19H23N3O2. The molecular weight excluding hydrogens is 302 g/mol. The van der Waals surface area contributed by atoms with Gasteiger partial charge < -0.3 is 9.64 Å². The molecule has 24 heavy (non-hydrogen) atoms. The summed E-state index contributed by atoms with van der Waals surface area (Å²) in [6, 6.07) is 9.72. The highest BCUT2D eigenvalue weighted by molar-refractivity contribution is 5.76. The van der Waals surface area contributed by atoms with Crippen molar-refractivity contribution in [2.75, 3.05) is 20.2 Å². The minimum atomic E-state index is 0.226. The molecule has 0 bridgehead atoms. The third kappa shape index (κ3) is 3.55. The Morgan fingerprint density at radius 2 is 2.08 bits per heavy atom. The van der Waals surface area contributed by atoms with Gasteiger partial charge in [-0.1, -0.05) is 6.92 Å². The molecule has 2 heterocycles. The quantitative estimate of drug-likeness (QED) is 0.866. The largest absolute Gasteiger partial charge is 0.497 e. The summed E-state index contributed by atoms with van der Waals surface area (Å²) >= 11 is 0. The molecule has 0 spiro atoms. The van der Waals surface area contributed by atoms with Crippen LogP contribution in [0.15, 0.2) is 36.5 Å². The number of rotatable bonds is 4. The molecule has 1 atom stereocenters. The first-order valence-electron chi connectivity index (χ1n) is 8.46. The standard InChI is InChI=1S/C19H23N3O2/c1-3-18(23)22-12-4-5-15(13-22)17-10-11-20-19(21-17)14-6-8-16(24-2)9-7-14/h6-11,15H,3-5,12-13H2,1-2H3. The molecule has 1 unspecified atom stereocenters. The summed E-state index contributed by atoms with van der Waals surface area (Å²) in [5.41, 5.74) is 1.99. The Labute approximate surface area is 142 Å². The normalized spacial score (nSPS) is 17.6. The average Bonchev–Trinajstić information content (AvgIpc) is 2.67. The van der Waals surface area contributed by atoms with Gasteiger partial charge in [0.15, 0.2) is 5.82 Å². The SMILES string of the molecule is CCC(=O)N1CCCC(c2ccnc(-c3ccc(OC)cc3)n2)C1. The van der Waals surface area contributed by atoms with Gasteiger partial charge in [-0.2, -0.15) is 0 Å². The zero-order valence-corrected chi connectivity index (χ0v) is 14.2. The van der Waals surface area contributed by atoms with Crippen molar-refractivity contribution in [2.45, 2.75) is 32.1 Å². The van der Waals surface area contributed by atoms with Gasteiger partial charge >= 0.3 is 0 Å². The van der Waals surface area contributed by atoms with E-state index in [4.69, 9.17) is 9.72 Å². The molecule has 2 aromatic rings. The predicted octanol–water partition coefficient (Wildman–Crippen LogP) is 3.27. The van der Waals surface area contributed by atoms with Gasteiger partial charge in [0.1, 0.15) is 5.75 Å². The molecule has 126 valence electrons. The number of aromatic nitrogens is 2. The van der Waals surface area contributed by atoms with E-state index in [1.807, 2.05) is 48.4 Å². The summed E-state index contributed by atoms with van der Waals surface area (Å²) in [5, 5.41) is 0. The average molecular weight is 325 g/mol. The minimum Gasteiger partial charge on any atom is -0.497 e. The summed E-state index contributed by atoms with van der Waals surface area (Å²) in [7, 11) is 1.65. The minimum absolute atomic E-state index is 0.226. The van der Waals surface area contributed by atoms with Crippen molar-refractivity contribution in [3.05, 3.63) is 42.2 Å². The molecule has 1 aliphatic rings. The molecule has 0 aliphatic carbocycles. The lowest BCUT2D eigenvalue weighted by Crippen LogP contribution is -2.38. The van der Waals surface area contributed by atoms with Gasteiger partial charge in [0.2, 0.25) is 5.91 Å². The van der Waals surface area contributed by atoms with Crippen molar-refractivity contribution in [2.24, 2.45) is 0 Å². The van der Waals surface area contributed by atoms with Crippen LogP contribution in [0.25, 0.3) is 11.4 Å².